The van der Waals surface area contributed by atoms with Crippen LogP contribution in [0.2, 0.25) is 0 Å². The molecule has 3 heterocycles. The molecule has 2 N–H and O–H groups in total. The molecule has 1 aliphatic carbocycles. The number of anilines is 4. The molecule has 2 aliphatic rings. The van der Waals surface area contributed by atoms with Crippen molar-refractivity contribution >= 4 is 50.6 Å². The van der Waals surface area contributed by atoms with Crippen LogP contribution in [0, 0.1) is 0 Å². The molecule has 0 bridgehead atoms. The van der Waals surface area contributed by atoms with Crippen molar-refractivity contribution in [3.8, 4) is 0 Å². The minimum atomic E-state index is -0.0320. The molecule has 8 nitrogen and oxygen atoms in total. The number of nitrogens with zero attached hydrogens (tertiary/aromatic N) is 4. The van der Waals surface area contributed by atoms with Crippen molar-refractivity contribution in [3.63, 3.8) is 0 Å². The van der Waals surface area contributed by atoms with Gasteiger partial charge in [0.15, 0.2) is 0 Å². The number of thiophene rings is 1. The Morgan fingerprint density at radius 2 is 2.00 bits per heavy atom. The number of rotatable bonds is 6. The third-order valence-electron chi connectivity index (χ3n) is 5.46. The summed E-state index contributed by atoms with van der Waals surface area (Å²) in [6.07, 6.45) is 2.36. The van der Waals surface area contributed by atoms with Gasteiger partial charge in [0.2, 0.25) is 5.95 Å². The topological polar surface area (TPSA) is 82.6 Å². The number of amides is 1. The first-order chi connectivity index (χ1) is 15.1. The van der Waals surface area contributed by atoms with E-state index in [0.29, 0.717) is 30.8 Å². The van der Waals surface area contributed by atoms with Crippen molar-refractivity contribution in [3.05, 3.63) is 35.2 Å². The Kier molecular flexibility index (Phi) is 5.37. The van der Waals surface area contributed by atoms with Crippen molar-refractivity contribution < 1.29 is 9.53 Å². The maximum absolute atomic E-state index is 12.9. The Bertz CT molecular complexity index is 1100. The fourth-order valence-corrected chi connectivity index (χ4v) is 4.46. The maximum atomic E-state index is 12.9. The Morgan fingerprint density at radius 1 is 1.19 bits per heavy atom. The highest BCUT2D eigenvalue weighted by Gasteiger charge is 2.24. The fraction of sp³-hybridized carbons (Fsp3) is 0.409. The first-order valence-corrected chi connectivity index (χ1v) is 11.4. The largest absolute Gasteiger partial charge is 0.378 e. The van der Waals surface area contributed by atoms with Crippen LogP contribution >= 0.6 is 11.3 Å². The van der Waals surface area contributed by atoms with Gasteiger partial charge in [-0.15, -0.1) is 11.3 Å². The Hall–Kier alpha value is -2.91. The highest BCUT2D eigenvalue weighted by molar-refractivity contribution is 7.17. The van der Waals surface area contributed by atoms with Gasteiger partial charge >= 0.3 is 0 Å². The zero-order chi connectivity index (χ0) is 21.4. The SMILES string of the molecule is CN(C)C(=O)c1cc(Nc2nc(NC3CC3)c3sccc3n2)ccc1N1CCOCC1. The second-order valence-corrected chi connectivity index (χ2v) is 9.02. The van der Waals surface area contributed by atoms with E-state index in [9.17, 15) is 4.79 Å². The maximum Gasteiger partial charge on any atom is 0.255 e. The smallest absolute Gasteiger partial charge is 0.255 e. The highest BCUT2D eigenvalue weighted by atomic mass is 32.1. The van der Waals surface area contributed by atoms with E-state index in [1.807, 2.05) is 29.6 Å². The molecule has 1 aromatic carbocycles. The Labute approximate surface area is 185 Å². The summed E-state index contributed by atoms with van der Waals surface area (Å²) in [5.74, 6) is 1.37. The van der Waals surface area contributed by atoms with Crippen LogP contribution < -0.4 is 15.5 Å². The van der Waals surface area contributed by atoms with Gasteiger partial charge in [-0.05, 0) is 42.5 Å². The summed E-state index contributed by atoms with van der Waals surface area (Å²) < 4.78 is 6.54. The molecule has 3 aromatic rings. The summed E-state index contributed by atoms with van der Waals surface area (Å²) >= 11 is 1.64. The van der Waals surface area contributed by atoms with E-state index in [2.05, 4.69) is 20.5 Å². The van der Waals surface area contributed by atoms with Gasteiger partial charge < -0.3 is 25.2 Å². The lowest BCUT2D eigenvalue weighted by atomic mass is 10.1. The monoisotopic (exact) mass is 438 g/mol. The van der Waals surface area contributed by atoms with Gasteiger partial charge in [0, 0.05) is 44.6 Å². The highest BCUT2D eigenvalue weighted by Crippen LogP contribution is 2.33. The standard InChI is InChI=1S/C22H26N6O2S/c1-27(2)21(29)16-13-15(5-6-18(16)28-8-10-30-11-9-28)24-22-25-17-7-12-31-19(17)20(26-22)23-14-3-4-14/h5-7,12-14H,3-4,8-11H2,1-2H3,(H2,23,24,25,26). The Morgan fingerprint density at radius 3 is 2.74 bits per heavy atom. The molecule has 2 aromatic heterocycles. The van der Waals surface area contributed by atoms with Crippen LogP contribution in [0.5, 0.6) is 0 Å². The molecule has 1 amide bonds. The van der Waals surface area contributed by atoms with E-state index >= 15 is 0 Å². The van der Waals surface area contributed by atoms with Gasteiger partial charge in [-0.3, -0.25) is 4.79 Å². The molecule has 1 saturated heterocycles. The minimum absolute atomic E-state index is 0.0320. The van der Waals surface area contributed by atoms with E-state index < -0.39 is 0 Å². The van der Waals surface area contributed by atoms with Gasteiger partial charge in [-0.25, -0.2) is 4.98 Å². The van der Waals surface area contributed by atoms with Crippen molar-refractivity contribution in [1.29, 1.82) is 0 Å². The summed E-state index contributed by atoms with van der Waals surface area (Å²) in [7, 11) is 3.55. The number of hydrogen-bond donors (Lipinski definition) is 2. The molecule has 1 aliphatic heterocycles. The molecular formula is C22H26N6O2S. The Balaban J connectivity index is 1.47. The average Bonchev–Trinajstić information content (AvgIpc) is 3.47. The van der Waals surface area contributed by atoms with Gasteiger partial charge in [0.05, 0.1) is 29.0 Å². The van der Waals surface area contributed by atoms with Crippen LogP contribution in [0.1, 0.15) is 23.2 Å². The molecule has 1 saturated carbocycles. The summed E-state index contributed by atoms with van der Waals surface area (Å²) in [5, 5.41) is 8.85. The summed E-state index contributed by atoms with van der Waals surface area (Å²) in [4.78, 5) is 26.1. The quantitative estimate of drug-likeness (QED) is 0.609. The van der Waals surface area contributed by atoms with Crippen LogP contribution in [0.4, 0.5) is 23.1 Å². The van der Waals surface area contributed by atoms with E-state index in [0.717, 1.165) is 40.5 Å². The fourth-order valence-electron chi connectivity index (χ4n) is 3.67. The van der Waals surface area contributed by atoms with Crippen LogP contribution in [0.25, 0.3) is 10.2 Å². The first kappa shape index (κ1) is 20.0. The lowest BCUT2D eigenvalue weighted by molar-refractivity contribution is 0.0826. The number of carbonyl (C=O) groups excluding carboxylic acids is 1. The van der Waals surface area contributed by atoms with Gasteiger partial charge in [0.1, 0.15) is 5.82 Å². The predicted octanol–water partition coefficient (Wildman–Crippen LogP) is 3.55. The minimum Gasteiger partial charge on any atom is -0.378 e. The van der Waals surface area contributed by atoms with Gasteiger partial charge in [-0.2, -0.15) is 4.98 Å². The summed E-state index contributed by atoms with van der Waals surface area (Å²) in [6, 6.07) is 8.38. The molecule has 0 atom stereocenters. The number of nitrogens with one attached hydrogen (secondary N) is 2. The van der Waals surface area contributed by atoms with E-state index in [-0.39, 0.29) is 5.91 Å². The molecule has 0 unspecified atom stereocenters. The number of benzene rings is 1. The molecule has 5 rings (SSSR count). The average molecular weight is 439 g/mol. The normalized spacial score (nSPS) is 16.4. The number of aromatic nitrogens is 2. The van der Waals surface area contributed by atoms with E-state index in [1.54, 1.807) is 30.3 Å². The number of carbonyl (C=O) groups is 1. The second-order valence-electron chi connectivity index (χ2n) is 8.11. The van der Waals surface area contributed by atoms with Gasteiger partial charge in [-0.1, -0.05) is 0 Å². The molecular weight excluding hydrogens is 412 g/mol. The summed E-state index contributed by atoms with van der Waals surface area (Å²) in [5.41, 5.74) is 3.29. The lowest BCUT2D eigenvalue weighted by Gasteiger charge is -2.31. The second kappa shape index (κ2) is 8.32. The molecule has 9 heteroatoms. The lowest BCUT2D eigenvalue weighted by Crippen LogP contribution is -2.37. The first-order valence-electron chi connectivity index (χ1n) is 10.6. The van der Waals surface area contributed by atoms with Crippen LogP contribution in [0.15, 0.2) is 29.6 Å². The van der Waals surface area contributed by atoms with E-state index in [4.69, 9.17) is 9.72 Å². The van der Waals surface area contributed by atoms with Crippen molar-refractivity contribution in [2.75, 3.05) is 55.9 Å². The molecule has 162 valence electrons. The van der Waals surface area contributed by atoms with Crippen molar-refractivity contribution in [2.45, 2.75) is 18.9 Å². The summed E-state index contributed by atoms with van der Waals surface area (Å²) in [6.45, 7) is 2.88. The number of morpholine rings is 1. The zero-order valence-electron chi connectivity index (χ0n) is 17.7. The van der Waals surface area contributed by atoms with Crippen molar-refractivity contribution in [1.82, 2.24) is 14.9 Å². The molecule has 2 fully saturated rings. The third kappa shape index (κ3) is 4.28. The third-order valence-corrected chi connectivity index (χ3v) is 6.37. The number of ether oxygens (including phenoxy) is 1. The zero-order valence-corrected chi connectivity index (χ0v) is 18.5. The molecule has 0 radical (unpaired) electrons. The van der Waals surface area contributed by atoms with Crippen molar-refractivity contribution in [2.24, 2.45) is 0 Å². The number of hydrogen-bond acceptors (Lipinski definition) is 8. The molecule has 0 spiro atoms. The predicted molar refractivity (Wildman–Crippen MR) is 125 cm³/mol. The van der Waals surface area contributed by atoms with Crippen LogP contribution in [-0.2, 0) is 4.74 Å². The van der Waals surface area contributed by atoms with Crippen LogP contribution in [0.3, 0.4) is 0 Å². The molecule has 31 heavy (non-hydrogen) atoms. The number of fused-ring (bicyclic) bond motifs is 1. The van der Waals surface area contributed by atoms with Gasteiger partial charge in [0.25, 0.3) is 5.91 Å². The van der Waals surface area contributed by atoms with E-state index in [1.165, 1.54) is 12.8 Å². The van der Waals surface area contributed by atoms with Crippen LogP contribution in [-0.4, -0.2) is 67.2 Å².